The Labute approximate surface area is 136 Å². The topological polar surface area (TPSA) is 127 Å². The van der Waals surface area contributed by atoms with Crippen LogP contribution in [0.25, 0.3) is 0 Å². The van der Waals surface area contributed by atoms with E-state index in [1.807, 2.05) is 5.43 Å². The molecule has 9 heteroatoms. The van der Waals surface area contributed by atoms with Crippen LogP contribution in [0.5, 0.6) is 0 Å². The summed E-state index contributed by atoms with van der Waals surface area (Å²) < 4.78 is 0. The Kier molecular flexibility index (Phi) is 5.67. The third kappa shape index (κ3) is 4.70. The number of pyridine rings is 1. The van der Waals surface area contributed by atoms with E-state index in [0.29, 0.717) is 5.69 Å². The highest BCUT2D eigenvalue weighted by molar-refractivity contribution is 6.35. The second kappa shape index (κ2) is 8.13. The maximum atomic E-state index is 11.6. The number of benzene rings is 1. The minimum atomic E-state index is -0.985. The molecule has 0 saturated heterocycles. The van der Waals surface area contributed by atoms with Gasteiger partial charge in [-0.15, -0.1) is 0 Å². The Morgan fingerprint density at radius 2 is 1.92 bits per heavy atom. The normalized spacial score (nSPS) is 10.3. The third-order valence-corrected chi connectivity index (χ3v) is 2.87. The standard InChI is InChI=1S/C15H13N5O4/c21-14(17-10-12-6-3-4-8-16-12)15(22)19-18-9-11-5-1-2-7-13(11)20(23)24/h1-9H,10H2,(H,17,21)(H,19,22)/b18-9-. The number of aromatic nitrogens is 1. The first kappa shape index (κ1) is 16.7. The number of nitrogens with zero attached hydrogens (tertiary/aromatic N) is 3. The summed E-state index contributed by atoms with van der Waals surface area (Å²) in [6.45, 7) is 0.0982. The molecule has 0 aliphatic carbocycles. The van der Waals surface area contributed by atoms with Gasteiger partial charge in [0, 0.05) is 12.3 Å². The Morgan fingerprint density at radius 3 is 2.62 bits per heavy atom. The molecule has 0 fully saturated rings. The van der Waals surface area contributed by atoms with E-state index in [9.17, 15) is 19.7 Å². The molecule has 0 aliphatic rings. The number of nitro benzene ring substituents is 1. The fraction of sp³-hybridized carbons (Fsp3) is 0.0667. The van der Waals surface area contributed by atoms with Gasteiger partial charge in [-0.1, -0.05) is 18.2 Å². The zero-order valence-corrected chi connectivity index (χ0v) is 12.4. The molecular weight excluding hydrogens is 314 g/mol. The van der Waals surface area contributed by atoms with Crippen molar-refractivity contribution in [3.8, 4) is 0 Å². The number of carbonyl (C=O) groups excluding carboxylic acids is 2. The lowest BCUT2D eigenvalue weighted by atomic mass is 10.2. The van der Waals surface area contributed by atoms with Gasteiger partial charge in [-0.25, -0.2) is 5.43 Å². The first-order valence-electron chi connectivity index (χ1n) is 6.82. The second-order valence-corrected chi connectivity index (χ2v) is 4.52. The number of nitrogens with one attached hydrogen (secondary N) is 2. The van der Waals surface area contributed by atoms with E-state index in [0.717, 1.165) is 6.21 Å². The van der Waals surface area contributed by atoms with Gasteiger partial charge < -0.3 is 5.32 Å². The summed E-state index contributed by atoms with van der Waals surface area (Å²) in [5.41, 5.74) is 2.66. The number of rotatable bonds is 5. The minimum Gasteiger partial charge on any atom is -0.342 e. The van der Waals surface area contributed by atoms with Crippen molar-refractivity contribution >= 4 is 23.7 Å². The van der Waals surface area contributed by atoms with Gasteiger partial charge in [0.25, 0.3) is 5.69 Å². The molecule has 1 aromatic carbocycles. The quantitative estimate of drug-likeness (QED) is 0.363. The molecule has 2 N–H and O–H groups in total. The van der Waals surface area contributed by atoms with Gasteiger partial charge in [-0.3, -0.25) is 24.7 Å². The van der Waals surface area contributed by atoms with Crippen LogP contribution in [-0.2, 0) is 16.1 Å². The number of carbonyl (C=O) groups is 2. The number of hydrogen-bond acceptors (Lipinski definition) is 6. The van der Waals surface area contributed by atoms with Gasteiger partial charge in [-0.2, -0.15) is 5.10 Å². The highest BCUT2D eigenvalue weighted by Crippen LogP contribution is 2.14. The summed E-state index contributed by atoms with van der Waals surface area (Å²) in [4.78, 5) is 37.4. The van der Waals surface area contributed by atoms with E-state index in [-0.39, 0.29) is 17.8 Å². The smallest absolute Gasteiger partial charge is 0.329 e. The first-order valence-corrected chi connectivity index (χ1v) is 6.82. The predicted molar refractivity (Wildman–Crippen MR) is 84.9 cm³/mol. The lowest BCUT2D eigenvalue weighted by molar-refractivity contribution is -0.385. The SMILES string of the molecule is O=C(NCc1ccccn1)C(=O)N/N=C\c1ccccc1[N+](=O)[O-]. The van der Waals surface area contributed by atoms with Crippen LogP contribution in [0, 0.1) is 10.1 Å². The van der Waals surface area contributed by atoms with Crippen molar-refractivity contribution in [1.82, 2.24) is 15.7 Å². The molecule has 1 heterocycles. The molecule has 24 heavy (non-hydrogen) atoms. The van der Waals surface area contributed by atoms with Crippen molar-refractivity contribution in [2.45, 2.75) is 6.54 Å². The lowest BCUT2D eigenvalue weighted by Gasteiger charge is -2.03. The van der Waals surface area contributed by atoms with Gasteiger partial charge in [0.15, 0.2) is 0 Å². The molecule has 0 spiro atoms. The van der Waals surface area contributed by atoms with Crippen LogP contribution >= 0.6 is 0 Å². The van der Waals surface area contributed by atoms with E-state index in [1.165, 1.54) is 18.2 Å². The highest BCUT2D eigenvalue weighted by atomic mass is 16.6. The van der Waals surface area contributed by atoms with Crippen LogP contribution in [0.2, 0.25) is 0 Å². The molecular formula is C15H13N5O4. The van der Waals surface area contributed by atoms with Crippen molar-refractivity contribution in [1.29, 1.82) is 0 Å². The summed E-state index contributed by atoms with van der Waals surface area (Å²) in [7, 11) is 0. The number of amides is 2. The van der Waals surface area contributed by atoms with Crippen molar-refractivity contribution in [3.05, 3.63) is 70.0 Å². The average Bonchev–Trinajstić information content (AvgIpc) is 2.60. The summed E-state index contributed by atoms with van der Waals surface area (Å²) in [6.07, 6.45) is 2.67. The average molecular weight is 327 g/mol. The van der Waals surface area contributed by atoms with E-state index >= 15 is 0 Å². The molecule has 0 bridgehead atoms. The summed E-state index contributed by atoms with van der Waals surface area (Å²) in [5.74, 6) is -1.87. The van der Waals surface area contributed by atoms with E-state index in [1.54, 1.807) is 30.5 Å². The summed E-state index contributed by atoms with van der Waals surface area (Å²) >= 11 is 0. The summed E-state index contributed by atoms with van der Waals surface area (Å²) in [6, 6.07) is 11.1. The van der Waals surface area contributed by atoms with Crippen LogP contribution in [0.1, 0.15) is 11.3 Å². The Balaban J connectivity index is 1.88. The minimum absolute atomic E-state index is 0.0982. The molecule has 122 valence electrons. The Morgan fingerprint density at radius 1 is 1.17 bits per heavy atom. The number of para-hydroxylation sites is 1. The monoisotopic (exact) mass is 327 g/mol. The Bertz CT molecular complexity index is 776. The van der Waals surface area contributed by atoms with Gasteiger partial charge in [0.05, 0.1) is 28.9 Å². The molecule has 2 aromatic rings. The van der Waals surface area contributed by atoms with Crippen molar-refractivity contribution in [2.24, 2.45) is 5.10 Å². The van der Waals surface area contributed by atoms with Gasteiger partial charge >= 0.3 is 11.8 Å². The molecule has 0 radical (unpaired) electrons. The van der Waals surface area contributed by atoms with E-state index in [2.05, 4.69) is 15.4 Å². The van der Waals surface area contributed by atoms with Crippen LogP contribution in [0.15, 0.2) is 53.8 Å². The van der Waals surface area contributed by atoms with Gasteiger partial charge in [-0.05, 0) is 18.2 Å². The van der Waals surface area contributed by atoms with Crippen molar-refractivity contribution < 1.29 is 14.5 Å². The van der Waals surface area contributed by atoms with Gasteiger partial charge in [0.2, 0.25) is 0 Å². The first-order chi connectivity index (χ1) is 11.6. The van der Waals surface area contributed by atoms with Crippen LogP contribution in [-0.4, -0.2) is 27.9 Å². The highest BCUT2D eigenvalue weighted by Gasteiger charge is 2.13. The second-order valence-electron chi connectivity index (χ2n) is 4.52. The maximum absolute atomic E-state index is 11.6. The fourth-order valence-corrected chi connectivity index (χ4v) is 1.73. The predicted octanol–water partition coefficient (Wildman–Crippen LogP) is 0.756. The number of hydrogen-bond donors (Lipinski definition) is 2. The Hall–Kier alpha value is -3.62. The maximum Gasteiger partial charge on any atom is 0.329 e. The molecule has 2 amide bonds. The number of nitro groups is 1. The van der Waals surface area contributed by atoms with Crippen molar-refractivity contribution in [2.75, 3.05) is 0 Å². The van der Waals surface area contributed by atoms with Crippen LogP contribution in [0.4, 0.5) is 5.69 Å². The summed E-state index contributed by atoms with van der Waals surface area (Å²) in [5, 5.41) is 16.8. The molecule has 0 atom stereocenters. The van der Waals surface area contributed by atoms with E-state index < -0.39 is 16.7 Å². The lowest BCUT2D eigenvalue weighted by Crippen LogP contribution is -2.37. The zero-order valence-electron chi connectivity index (χ0n) is 12.4. The van der Waals surface area contributed by atoms with Gasteiger partial charge in [0.1, 0.15) is 0 Å². The molecule has 2 rings (SSSR count). The zero-order chi connectivity index (χ0) is 17.4. The largest absolute Gasteiger partial charge is 0.342 e. The molecule has 9 nitrogen and oxygen atoms in total. The third-order valence-electron chi connectivity index (χ3n) is 2.87. The molecule has 0 saturated carbocycles. The fourth-order valence-electron chi connectivity index (χ4n) is 1.73. The number of hydrazone groups is 1. The van der Waals surface area contributed by atoms with Crippen LogP contribution in [0.3, 0.4) is 0 Å². The molecule has 1 aromatic heterocycles. The molecule has 0 unspecified atom stereocenters. The van der Waals surface area contributed by atoms with E-state index in [4.69, 9.17) is 0 Å². The van der Waals surface area contributed by atoms with Crippen molar-refractivity contribution in [3.63, 3.8) is 0 Å². The molecule has 0 aliphatic heterocycles. The van der Waals surface area contributed by atoms with Crippen LogP contribution < -0.4 is 10.7 Å².